The lowest BCUT2D eigenvalue weighted by Crippen LogP contribution is -2.44. The Bertz CT molecular complexity index is 773. The molecule has 0 saturated heterocycles. The molecule has 0 radical (unpaired) electrons. The Kier molecular flexibility index (Phi) is 6.01. The molecule has 1 aliphatic carbocycles. The zero-order valence-corrected chi connectivity index (χ0v) is 16.8. The predicted octanol–water partition coefficient (Wildman–Crippen LogP) is 3.82. The van der Waals surface area contributed by atoms with E-state index in [0.717, 1.165) is 23.0 Å². The summed E-state index contributed by atoms with van der Waals surface area (Å²) in [6.07, 6.45) is 3.55. The lowest BCUT2D eigenvalue weighted by molar-refractivity contribution is -0.120. The number of amides is 1. The van der Waals surface area contributed by atoms with Gasteiger partial charge in [0.25, 0.3) is 0 Å². The molecule has 1 heterocycles. The van der Waals surface area contributed by atoms with Crippen LogP contribution in [0.3, 0.4) is 0 Å². The molecule has 26 heavy (non-hydrogen) atoms. The van der Waals surface area contributed by atoms with Crippen molar-refractivity contribution in [3.05, 3.63) is 29.8 Å². The quantitative estimate of drug-likeness (QED) is 0.811. The Morgan fingerprint density at radius 3 is 2.88 bits per heavy atom. The van der Waals surface area contributed by atoms with Crippen LogP contribution in [0.1, 0.15) is 38.7 Å². The predicted molar refractivity (Wildman–Crippen MR) is 106 cm³/mol. The molecule has 3 atom stereocenters. The van der Waals surface area contributed by atoms with Gasteiger partial charge in [0.15, 0.2) is 11.0 Å². The molecular weight excluding hydrogens is 344 g/mol. The summed E-state index contributed by atoms with van der Waals surface area (Å²) in [5.41, 5.74) is 2.23. The first-order valence-corrected chi connectivity index (χ1v) is 10.3. The van der Waals surface area contributed by atoms with E-state index < -0.39 is 0 Å². The highest BCUT2D eigenvalue weighted by Gasteiger charge is 2.28. The van der Waals surface area contributed by atoms with Gasteiger partial charge in [0.05, 0.1) is 5.75 Å². The second kappa shape index (κ2) is 8.25. The van der Waals surface area contributed by atoms with E-state index in [1.807, 2.05) is 23.7 Å². The first-order valence-electron chi connectivity index (χ1n) is 9.34. The minimum atomic E-state index is 0.0843. The van der Waals surface area contributed by atoms with Gasteiger partial charge >= 0.3 is 0 Å². The van der Waals surface area contributed by atoms with Crippen LogP contribution in [0.15, 0.2) is 29.4 Å². The van der Waals surface area contributed by atoms with Gasteiger partial charge in [-0.15, -0.1) is 10.2 Å². The second-order valence-electron chi connectivity index (χ2n) is 7.46. The van der Waals surface area contributed by atoms with Gasteiger partial charge < -0.3 is 9.88 Å². The number of aromatic nitrogens is 3. The van der Waals surface area contributed by atoms with Crippen molar-refractivity contribution in [2.75, 3.05) is 5.75 Å². The number of benzene rings is 1. The molecule has 1 aromatic carbocycles. The molecule has 0 bridgehead atoms. The maximum atomic E-state index is 12.4. The summed E-state index contributed by atoms with van der Waals surface area (Å²) in [7, 11) is 1.95. The highest BCUT2D eigenvalue weighted by molar-refractivity contribution is 7.99. The fraction of sp³-hybridized carbons (Fsp3) is 0.550. The Hall–Kier alpha value is -1.82. The standard InChI is InChI=1S/C20H28N4OS/c1-13-7-5-9-16(11-13)19-22-23-20(24(19)4)26-12-18(25)21-17-10-6-8-14(2)15(17)3/h5,7,9,11,14-15,17H,6,8,10,12H2,1-4H3,(H,21,25)/t14-,15-,17+/m0/s1. The van der Waals surface area contributed by atoms with Gasteiger partial charge in [-0.1, -0.05) is 62.2 Å². The summed E-state index contributed by atoms with van der Waals surface area (Å²) >= 11 is 1.44. The first kappa shape index (κ1) is 19.0. The van der Waals surface area contributed by atoms with Gasteiger partial charge in [-0.25, -0.2) is 0 Å². The Labute approximate surface area is 160 Å². The van der Waals surface area contributed by atoms with Crippen molar-refractivity contribution in [1.29, 1.82) is 0 Å². The number of carbonyl (C=O) groups is 1. The van der Waals surface area contributed by atoms with Gasteiger partial charge in [-0.3, -0.25) is 4.79 Å². The number of hydrogen-bond acceptors (Lipinski definition) is 4. The van der Waals surface area contributed by atoms with Gasteiger partial charge in [0, 0.05) is 18.7 Å². The molecule has 0 aliphatic heterocycles. The van der Waals surface area contributed by atoms with Crippen molar-refractivity contribution < 1.29 is 4.79 Å². The number of carbonyl (C=O) groups excluding carboxylic acids is 1. The summed E-state index contributed by atoms with van der Waals surface area (Å²) < 4.78 is 1.96. The van der Waals surface area contributed by atoms with Gasteiger partial charge in [-0.2, -0.15) is 0 Å². The van der Waals surface area contributed by atoms with Gasteiger partial charge in [-0.05, 0) is 31.2 Å². The number of aryl methyl sites for hydroxylation is 1. The van der Waals surface area contributed by atoms with E-state index in [1.54, 1.807) is 0 Å². The molecule has 3 rings (SSSR count). The van der Waals surface area contributed by atoms with Crippen LogP contribution >= 0.6 is 11.8 Å². The van der Waals surface area contributed by atoms with E-state index in [2.05, 4.69) is 48.4 Å². The average Bonchev–Trinajstić information content (AvgIpc) is 2.98. The van der Waals surface area contributed by atoms with Crippen molar-refractivity contribution >= 4 is 17.7 Å². The SMILES string of the molecule is Cc1cccc(-c2nnc(SCC(=O)N[C@@H]3CCC[C@H](C)[C@@H]3C)n2C)c1. The van der Waals surface area contributed by atoms with Crippen LogP contribution in [-0.2, 0) is 11.8 Å². The summed E-state index contributed by atoms with van der Waals surface area (Å²) in [5, 5.41) is 12.5. The fourth-order valence-corrected chi connectivity index (χ4v) is 4.36. The molecule has 6 heteroatoms. The average molecular weight is 373 g/mol. The minimum absolute atomic E-state index is 0.0843. The second-order valence-corrected chi connectivity index (χ2v) is 8.41. The number of nitrogens with zero attached hydrogens (tertiary/aromatic N) is 3. The van der Waals surface area contributed by atoms with Crippen molar-refractivity contribution in [3.63, 3.8) is 0 Å². The molecule has 1 aromatic heterocycles. The van der Waals surface area contributed by atoms with E-state index >= 15 is 0 Å². The number of rotatable bonds is 5. The van der Waals surface area contributed by atoms with E-state index in [-0.39, 0.29) is 5.91 Å². The zero-order valence-electron chi connectivity index (χ0n) is 16.0. The molecule has 140 valence electrons. The maximum Gasteiger partial charge on any atom is 0.230 e. The zero-order chi connectivity index (χ0) is 18.7. The monoisotopic (exact) mass is 372 g/mol. The molecule has 1 saturated carbocycles. The normalized spacial score (nSPS) is 23.0. The number of nitrogens with one attached hydrogen (secondary N) is 1. The van der Waals surface area contributed by atoms with Crippen LogP contribution in [0.5, 0.6) is 0 Å². The third-order valence-corrected chi connectivity index (χ3v) is 6.52. The molecule has 1 aliphatic rings. The Morgan fingerprint density at radius 1 is 1.31 bits per heavy atom. The minimum Gasteiger partial charge on any atom is -0.352 e. The van der Waals surface area contributed by atoms with Gasteiger partial charge in [0.2, 0.25) is 5.91 Å². The molecule has 0 spiro atoms. The van der Waals surface area contributed by atoms with Crippen molar-refractivity contribution in [2.24, 2.45) is 18.9 Å². The van der Waals surface area contributed by atoms with Gasteiger partial charge in [0.1, 0.15) is 0 Å². The largest absolute Gasteiger partial charge is 0.352 e. The third kappa shape index (κ3) is 4.29. The molecule has 2 aromatic rings. The Balaban J connectivity index is 1.59. The van der Waals surface area contributed by atoms with Crippen LogP contribution in [-0.4, -0.2) is 32.5 Å². The lowest BCUT2D eigenvalue weighted by atomic mass is 9.78. The van der Waals surface area contributed by atoms with Crippen molar-refractivity contribution in [1.82, 2.24) is 20.1 Å². The van der Waals surface area contributed by atoms with Crippen molar-refractivity contribution in [2.45, 2.75) is 51.2 Å². The molecule has 0 unspecified atom stereocenters. The van der Waals surface area contributed by atoms with E-state index in [0.29, 0.717) is 23.6 Å². The first-order chi connectivity index (χ1) is 12.5. The smallest absolute Gasteiger partial charge is 0.230 e. The lowest BCUT2D eigenvalue weighted by Gasteiger charge is -2.34. The highest BCUT2D eigenvalue weighted by Crippen LogP contribution is 2.29. The fourth-order valence-electron chi connectivity index (χ4n) is 3.64. The number of hydrogen-bond donors (Lipinski definition) is 1. The molecule has 5 nitrogen and oxygen atoms in total. The maximum absolute atomic E-state index is 12.4. The van der Waals surface area contributed by atoms with E-state index in [4.69, 9.17) is 0 Å². The topological polar surface area (TPSA) is 59.8 Å². The summed E-state index contributed by atoms with van der Waals surface area (Å²) in [5.74, 6) is 2.50. The van der Waals surface area contributed by atoms with Crippen LogP contribution < -0.4 is 5.32 Å². The van der Waals surface area contributed by atoms with Crippen molar-refractivity contribution in [3.8, 4) is 11.4 Å². The highest BCUT2D eigenvalue weighted by atomic mass is 32.2. The van der Waals surface area contributed by atoms with Crippen LogP contribution in [0, 0.1) is 18.8 Å². The molecule has 1 amide bonds. The molecular formula is C20H28N4OS. The molecule has 1 fully saturated rings. The van der Waals surface area contributed by atoms with Crippen LogP contribution in [0.25, 0.3) is 11.4 Å². The third-order valence-electron chi connectivity index (χ3n) is 5.50. The summed E-state index contributed by atoms with van der Waals surface area (Å²) in [6, 6.07) is 8.51. The summed E-state index contributed by atoms with van der Waals surface area (Å²) in [4.78, 5) is 12.4. The Morgan fingerprint density at radius 2 is 2.12 bits per heavy atom. The van der Waals surface area contributed by atoms with E-state index in [1.165, 1.54) is 30.2 Å². The summed E-state index contributed by atoms with van der Waals surface area (Å²) in [6.45, 7) is 6.59. The van der Waals surface area contributed by atoms with E-state index in [9.17, 15) is 4.79 Å². The van der Waals surface area contributed by atoms with Crippen LogP contribution in [0.2, 0.25) is 0 Å². The number of thioether (sulfide) groups is 1. The van der Waals surface area contributed by atoms with Crippen LogP contribution in [0.4, 0.5) is 0 Å². The molecule has 1 N–H and O–H groups in total.